The zero-order chi connectivity index (χ0) is 25.2. The molecule has 2 aromatic rings. The molecule has 0 saturated carbocycles. The lowest BCUT2D eigenvalue weighted by atomic mass is 10.1. The Labute approximate surface area is 209 Å². The summed E-state index contributed by atoms with van der Waals surface area (Å²) in [4.78, 5) is 17.2. The molecule has 190 valence electrons. The first-order chi connectivity index (χ1) is 16.6. The number of ether oxygens (including phenoxy) is 2. The second-order valence-corrected chi connectivity index (χ2v) is 15.8. The molecule has 0 bridgehead atoms. The van der Waals surface area contributed by atoms with E-state index in [4.69, 9.17) is 13.9 Å². The summed E-state index contributed by atoms with van der Waals surface area (Å²) in [6.45, 7) is 12.9. The van der Waals surface area contributed by atoms with E-state index in [2.05, 4.69) is 44.8 Å². The monoisotopic (exact) mass is 498 g/mol. The van der Waals surface area contributed by atoms with Crippen LogP contribution in [0.3, 0.4) is 0 Å². The third-order valence-electron chi connectivity index (χ3n) is 7.45. The van der Waals surface area contributed by atoms with Crippen molar-refractivity contribution in [2.45, 2.75) is 64.1 Å². The van der Waals surface area contributed by atoms with Crippen LogP contribution in [0.5, 0.6) is 0 Å². The molecule has 1 fully saturated rings. The van der Waals surface area contributed by atoms with Crippen molar-refractivity contribution in [1.82, 2.24) is 0 Å². The van der Waals surface area contributed by atoms with Crippen molar-refractivity contribution in [1.29, 1.82) is 0 Å². The van der Waals surface area contributed by atoms with Gasteiger partial charge in [0, 0.05) is 12.2 Å². The SMILES string of the molecule is CC(C)(C)[Si](C)(C)OCC1Cc2cc(N3COC(CO)C3)ccc2N1C(=O)OCc1ccccc1. The van der Waals surface area contributed by atoms with Gasteiger partial charge in [0.1, 0.15) is 19.4 Å². The maximum absolute atomic E-state index is 13.3. The summed E-state index contributed by atoms with van der Waals surface area (Å²) in [6.07, 6.45) is 0.184. The van der Waals surface area contributed by atoms with Crippen molar-refractivity contribution in [3.05, 3.63) is 59.7 Å². The average Bonchev–Trinajstić information content (AvgIpc) is 3.45. The molecule has 0 spiro atoms. The molecule has 7 nitrogen and oxygen atoms in total. The standard InChI is InChI=1S/C27H38N2O5Si/c1-27(2,3)35(4,5)34-18-23-14-21-13-22(28-15-24(16-30)33-19-28)11-12-25(21)29(23)26(31)32-17-20-9-7-6-8-10-20/h6-13,23-24,30H,14-19H2,1-5H3. The zero-order valence-corrected chi connectivity index (χ0v) is 22.5. The minimum absolute atomic E-state index is 0.00926. The summed E-state index contributed by atoms with van der Waals surface area (Å²) >= 11 is 0. The van der Waals surface area contributed by atoms with Gasteiger partial charge < -0.3 is 23.9 Å². The topological polar surface area (TPSA) is 71.5 Å². The molecule has 2 heterocycles. The molecule has 2 aliphatic rings. The van der Waals surface area contributed by atoms with Crippen LogP contribution in [0.1, 0.15) is 31.9 Å². The van der Waals surface area contributed by atoms with Gasteiger partial charge in [0.2, 0.25) is 0 Å². The highest BCUT2D eigenvalue weighted by Gasteiger charge is 2.41. The maximum Gasteiger partial charge on any atom is 0.414 e. The Kier molecular flexibility index (Phi) is 7.56. The molecule has 1 amide bonds. The summed E-state index contributed by atoms with van der Waals surface area (Å²) in [5.41, 5.74) is 3.95. The smallest absolute Gasteiger partial charge is 0.414 e. The lowest BCUT2D eigenvalue weighted by molar-refractivity contribution is 0.0645. The van der Waals surface area contributed by atoms with Crippen LogP contribution in [0.15, 0.2) is 48.5 Å². The highest BCUT2D eigenvalue weighted by Crippen LogP contribution is 2.40. The van der Waals surface area contributed by atoms with Crippen LogP contribution >= 0.6 is 0 Å². The van der Waals surface area contributed by atoms with E-state index >= 15 is 0 Å². The van der Waals surface area contributed by atoms with Gasteiger partial charge in [0.05, 0.1) is 24.9 Å². The van der Waals surface area contributed by atoms with Gasteiger partial charge in [-0.1, -0.05) is 51.1 Å². The predicted octanol–water partition coefficient (Wildman–Crippen LogP) is 4.93. The molecule has 2 unspecified atom stereocenters. The Hall–Kier alpha value is -2.39. The number of carbonyl (C=O) groups is 1. The van der Waals surface area contributed by atoms with Crippen molar-refractivity contribution in [3.63, 3.8) is 0 Å². The number of aliphatic hydroxyl groups excluding tert-OH is 1. The summed E-state index contributed by atoms with van der Waals surface area (Å²) in [5.74, 6) is 0. The van der Waals surface area contributed by atoms with E-state index in [1.807, 2.05) is 42.5 Å². The van der Waals surface area contributed by atoms with Crippen molar-refractivity contribution in [2.75, 3.05) is 36.3 Å². The molecule has 1 saturated heterocycles. The average molecular weight is 499 g/mol. The van der Waals surface area contributed by atoms with Crippen LogP contribution in [-0.2, 0) is 26.9 Å². The third-order valence-corrected chi connectivity index (χ3v) is 11.9. The van der Waals surface area contributed by atoms with E-state index in [1.165, 1.54) is 0 Å². The number of nitrogens with zero attached hydrogens (tertiary/aromatic N) is 2. The minimum Gasteiger partial charge on any atom is -0.444 e. The third kappa shape index (κ3) is 5.72. The fourth-order valence-electron chi connectivity index (χ4n) is 4.24. The first-order valence-electron chi connectivity index (χ1n) is 12.3. The van der Waals surface area contributed by atoms with Gasteiger partial charge in [-0.15, -0.1) is 0 Å². The molecule has 4 rings (SSSR count). The number of aliphatic hydroxyl groups is 1. The van der Waals surface area contributed by atoms with E-state index < -0.39 is 8.32 Å². The summed E-state index contributed by atoms with van der Waals surface area (Å²) in [6, 6.07) is 15.7. The second kappa shape index (κ2) is 10.3. The van der Waals surface area contributed by atoms with Gasteiger partial charge in [0.15, 0.2) is 8.32 Å². The molecule has 2 aromatic carbocycles. The Morgan fingerprint density at radius 3 is 2.57 bits per heavy atom. The zero-order valence-electron chi connectivity index (χ0n) is 21.5. The van der Waals surface area contributed by atoms with Crippen molar-refractivity contribution in [2.24, 2.45) is 0 Å². The minimum atomic E-state index is -1.98. The lowest BCUT2D eigenvalue weighted by Crippen LogP contribution is -2.47. The highest BCUT2D eigenvalue weighted by atomic mass is 28.4. The summed E-state index contributed by atoms with van der Waals surface area (Å²) < 4.78 is 17.9. The largest absolute Gasteiger partial charge is 0.444 e. The van der Waals surface area contributed by atoms with Gasteiger partial charge in [-0.2, -0.15) is 0 Å². The normalized spacial score (nSPS) is 20.3. The number of anilines is 2. The van der Waals surface area contributed by atoms with Gasteiger partial charge in [-0.05, 0) is 53.9 Å². The van der Waals surface area contributed by atoms with E-state index in [0.29, 0.717) is 26.3 Å². The van der Waals surface area contributed by atoms with Crippen LogP contribution in [-0.4, -0.2) is 58.2 Å². The Morgan fingerprint density at radius 2 is 1.91 bits per heavy atom. The van der Waals surface area contributed by atoms with Gasteiger partial charge in [-0.25, -0.2) is 4.79 Å². The Bertz CT molecular complexity index is 1020. The molecule has 35 heavy (non-hydrogen) atoms. The molecular formula is C27H38N2O5Si. The fourth-order valence-corrected chi connectivity index (χ4v) is 5.28. The van der Waals surface area contributed by atoms with E-state index in [-0.39, 0.29) is 36.5 Å². The molecule has 2 aliphatic heterocycles. The number of benzene rings is 2. The predicted molar refractivity (Wildman–Crippen MR) is 140 cm³/mol. The van der Waals surface area contributed by atoms with E-state index in [0.717, 1.165) is 22.5 Å². The number of hydrogen-bond donors (Lipinski definition) is 1. The van der Waals surface area contributed by atoms with Crippen LogP contribution in [0.4, 0.5) is 16.2 Å². The lowest BCUT2D eigenvalue weighted by Gasteiger charge is -2.37. The molecule has 8 heteroatoms. The summed E-state index contributed by atoms with van der Waals surface area (Å²) in [7, 11) is -1.98. The van der Waals surface area contributed by atoms with E-state index in [9.17, 15) is 9.90 Å². The van der Waals surface area contributed by atoms with Crippen LogP contribution in [0.2, 0.25) is 18.1 Å². The molecule has 2 atom stereocenters. The van der Waals surface area contributed by atoms with Crippen molar-refractivity contribution < 1.29 is 23.8 Å². The summed E-state index contributed by atoms with van der Waals surface area (Å²) in [5, 5.41) is 9.50. The Morgan fingerprint density at radius 1 is 1.17 bits per heavy atom. The number of hydrogen-bond acceptors (Lipinski definition) is 6. The van der Waals surface area contributed by atoms with Gasteiger partial charge >= 0.3 is 6.09 Å². The first-order valence-corrected chi connectivity index (χ1v) is 15.2. The Balaban J connectivity index is 1.54. The van der Waals surface area contributed by atoms with Gasteiger partial charge in [-0.3, -0.25) is 4.90 Å². The molecule has 0 aromatic heterocycles. The van der Waals surface area contributed by atoms with Crippen LogP contribution in [0, 0.1) is 0 Å². The number of carbonyl (C=O) groups excluding carboxylic acids is 1. The van der Waals surface area contributed by atoms with Gasteiger partial charge in [0.25, 0.3) is 0 Å². The molecular weight excluding hydrogens is 460 g/mol. The number of fused-ring (bicyclic) bond motifs is 1. The number of amides is 1. The van der Waals surface area contributed by atoms with E-state index in [1.54, 1.807) is 4.90 Å². The quantitative estimate of drug-likeness (QED) is 0.546. The molecule has 0 radical (unpaired) electrons. The number of rotatable bonds is 7. The highest BCUT2D eigenvalue weighted by molar-refractivity contribution is 6.74. The second-order valence-electron chi connectivity index (χ2n) is 11.0. The van der Waals surface area contributed by atoms with Crippen LogP contribution in [0.25, 0.3) is 0 Å². The van der Waals surface area contributed by atoms with Crippen molar-refractivity contribution >= 4 is 25.8 Å². The fraction of sp³-hybridized carbons (Fsp3) is 0.519. The van der Waals surface area contributed by atoms with Crippen LogP contribution < -0.4 is 9.80 Å². The maximum atomic E-state index is 13.3. The van der Waals surface area contributed by atoms with Crippen molar-refractivity contribution in [3.8, 4) is 0 Å². The molecule has 0 aliphatic carbocycles. The molecule has 1 N–H and O–H groups in total. The first kappa shape index (κ1) is 25.7.